The van der Waals surface area contributed by atoms with Crippen LogP contribution in [-0.2, 0) is 42.6 Å². The summed E-state index contributed by atoms with van der Waals surface area (Å²) in [4.78, 5) is 0. The maximum absolute atomic E-state index is 5.61. The van der Waals surface area contributed by atoms with Gasteiger partial charge in [0.05, 0.1) is 38.6 Å². The summed E-state index contributed by atoms with van der Waals surface area (Å²) < 4.78 is 47.9. The molecule has 9 heteroatoms. The molecule has 0 bridgehead atoms. The monoisotopic (exact) mass is 338 g/mol. The Morgan fingerprint density at radius 3 is 1.35 bits per heavy atom. The third-order valence-electron chi connectivity index (χ3n) is 3.49. The predicted molar refractivity (Wildman–Crippen MR) is 75.2 cm³/mol. The summed E-state index contributed by atoms with van der Waals surface area (Å²) in [6.07, 6.45) is -1.82. The van der Waals surface area contributed by atoms with Gasteiger partial charge in [0.15, 0.2) is 0 Å². The smallest absolute Gasteiger partial charge is 0.373 e. The Labute approximate surface area is 135 Å². The van der Waals surface area contributed by atoms with E-state index < -0.39 is 12.3 Å². The van der Waals surface area contributed by atoms with E-state index in [1.807, 2.05) is 0 Å². The van der Waals surface area contributed by atoms with Gasteiger partial charge < -0.3 is 37.9 Å². The van der Waals surface area contributed by atoms with Crippen LogP contribution < -0.4 is 0 Å². The van der Waals surface area contributed by atoms with E-state index in [-0.39, 0.29) is 12.2 Å². The van der Waals surface area contributed by atoms with Gasteiger partial charge >= 0.3 is 12.3 Å². The average Bonchev–Trinajstić information content (AvgIpc) is 3.47. The zero-order valence-corrected chi connectivity index (χ0v) is 14.1. The molecule has 0 aromatic heterocycles. The first-order valence-electron chi connectivity index (χ1n) is 7.53. The molecule has 0 aliphatic carbocycles. The van der Waals surface area contributed by atoms with Gasteiger partial charge in [-0.05, 0) is 12.8 Å². The Hall–Kier alpha value is -0.360. The number of ether oxygens (including phenoxy) is 9. The average molecular weight is 338 g/mol. The Bertz CT molecular complexity index is 303. The zero-order chi connectivity index (χ0) is 16.8. The molecule has 2 aliphatic rings. The molecule has 0 amide bonds. The second kappa shape index (κ2) is 8.65. The van der Waals surface area contributed by atoms with Crippen molar-refractivity contribution in [1.29, 1.82) is 0 Å². The quantitative estimate of drug-likeness (QED) is 0.330. The molecule has 2 rings (SSSR count). The van der Waals surface area contributed by atoms with Crippen molar-refractivity contribution in [1.82, 2.24) is 0 Å². The second-order valence-corrected chi connectivity index (χ2v) is 5.10. The molecular formula is C14H26O9. The van der Waals surface area contributed by atoms with Gasteiger partial charge in [-0.3, -0.25) is 0 Å². The summed E-state index contributed by atoms with van der Waals surface area (Å²) in [5.74, 6) is 0. The standard InChI is InChI=1S/C14H26O9/c1-15-13(16-2,21-7-5-11-9-19-11)23-14(17-3,18-4)22-8-6-12-10-20-12/h11-12H,5-10H2,1-4H3. The van der Waals surface area contributed by atoms with Gasteiger partial charge in [-0.2, -0.15) is 0 Å². The van der Waals surface area contributed by atoms with E-state index in [0.717, 1.165) is 13.2 Å². The molecule has 0 spiro atoms. The highest BCUT2D eigenvalue weighted by molar-refractivity contribution is 4.69. The minimum Gasteiger partial charge on any atom is -0.373 e. The van der Waals surface area contributed by atoms with Gasteiger partial charge in [0.1, 0.15) is 0 Å². The van der Waals surface area contributed by atoms with Crippen molar-refractivity contribution in [3.8, 4) is 0 Å². The fourth-order valence-corrected chi connectivity index (χ4v) is 1.88. The molecule has 2 unspecified atom stereocenters. The zero-order valence-electron chi connectivity index (χ0n) is 14.1. The Kier molecular flexibility index (Phi) is 7.14. The van der Waals surface area contributed by atoms with Gasteiger partial charge in [-0.1, -0.05) is 0 Å². The van der Waals surface area contributed by atoms with Crippen molar-refractivity contribution in [3.05, 3.63) is 0 Å². The first kappa shape index (κ1) is 19.0. The molecule has 0 aromatic carbocycles. The van der Waals surface area contributed by atoms with Gasteiger partial charge in [0.25, 0.3) is 0 Å². The second-order valence-electron chi connectivity index (χ2n) is 5.10. The number of hydrogen-bond acceptors (Lipinski definition) is 9. The highest BCUT2D eigenvalue weighted by atomic mass is 17.1. The van der Waals surface area contributed by atoms with Crippen LogP contribution in [0.4, 0.5) is 0 Å². The fraction of sp³-hybridized carbons (Fsp3) is 1.00. The van der Waals surface area contributed by atoms with Crippen LogP contribution in [0.3, 0.4) is 0 Å². The first-order valence-corrected chi connectivity index (χ1v) is 7.53. The van der Waals surface area contributed by atoms with E-state index in [1.165, 1.54) is 28.4 Å². The lowest BCUT2D eigenvalue weighted by Crippen LogP contribution is -2.53. The van der Waals surface area contributed by atoms with Crippen LogP contribution in [0.25, 0.3) is 0 Å². The summed E-state index contributed by atoms with van der Waals surface area (Å²) in [7, 11) is 5.52. The van der Waals surface area contributed by atoms with Crippen LogP contribution in [0.1, 0.15) is 12.8 Å². The molecule has 0 N–H and O–H groups in total. The van der Waals surface area contributed by atoms with Crippen molar-refractivity contribution in [2.75, 3.05) is 54.9 Å². The SMILES string of the molecule is COC(OC)(OCCC1CO1)OC(OC)(OC)OCCC1CO1. The van der Waals surface area contributed by atoms with Crippen molar-refractivity contribution in [2.24, 2.45) is 0 Å². The summed E-state index contributed by atoms with van der Waals surface area (Å²) in [5, 5.41) is 0. The summed E-state index contributed by atoms with van der Waals surface area (Å²) >= 11 is 0. The maximum Gasteiger partial charge on any atom is 0.418 e. The van der Waals surface area contributed by atoms with E-state index in [0.29, 0.717) is 26.1 Å². The predicted octanol–water partition coefficient (Wildman–Crippen LogP) is 0.422. The molecule has 2 atom stereocenters. The summed E-state index contributed by atoms with van der Waals surface area (Å²) in [6, 6.07) is 0. The molecule has 9 nitrogen and oxygen atoms in total. The van der Waals surface area contributed by atoms with Gasteiger partial charge in [-0.15, -0.1) is 0 Å². The van der Waals surface area contributed by atoms with Crippen molar-refractivity contribution in [2.45, 2.75) is 37.4 Å². The first-order chi connectivity index (χ1) is 11.1. The molecule has 2 saturated heterocycles. The number of rotatable bonds is 14. The third kappa shape index (κ3) is 5.89. The Morgan fingerprint density at radius 2 is 1.09 bits per heavy atom. The molecule has 2 fully saturated rings. The van der Waals surface area contributed by atoms with Crippen LogP contribution in [0.2, 0.25) is 0 Å². The fourth-order valence-electron chi connectivity index (χ4n) is 1.88. The lowest BCUT2D eigenvalue weighted by molar-refractivity contribution is -0.609. The van der Waals surface area contributed by atoms with E-state index in [4.69, 9.17) is 42.6 Å². The van der Waals surface area contributed by atoms with Crippen LogP contribution in [-0.4, -0.2) is 79.4 Å². The molecule has 2 aliphatic heterocycles. The van der Waals surface area contributed by atoms with Gasteiger partial charge in [0, 0.05) is 28.4 Å². The van der Waals surface area contributed by atoms with Crippen molar-refractivity contribution < 1.29 is 42.6 Å². The minimum absolute atomic E-state index is 0.214. The topological polar surface area (TPSA) is 89.7 Å². The molecular weight excluding hydrogens is 312 g/mol. The molecule has 2 heterocycles. The lowest BCUT2D eigenvalue weighted by atomic mass is 10.3. The highest BCUT2D eigenvalue weighted by Crippen LogP contribution is 2.28. The normalized spacial score (nSPS) is 24.0. The van der Waals surface area contributed by atoms with Crippen LogP contribution >= 0.6 is 0 Å². The molecule has 23 heavy (non-hydrogen) atoms. The highest BCUT2D eigenvalue weighted by Gasteiger charge is 2.48. The number of hydrogen-bond donors (Lipinski definition) is 0. The lowest BCUT2D eigenvalue weighted by Gasteiger charge is -2.37. The molecule has 0 radical (unpaired) electrons. The largest absolute Gasteiger partial charge is 0.418 e. The minimum atomic E-state index is -1.82. The van der Waals surface area contributed by atoms with Crippen molar-refractivity contribution >= 4 is 0 Å². The van der Waals surface area contributed by atoms with E-state index >= 15 is 0 Å². The maximum atomic E-state index is 5.61. The summed E-state index contributed by atoms with van der Waals surface area (Å²) in [6.45, 7) is 2.10. The van der Waals surface area contributed by atoms with Crippen LogP contribution in [0, 0.1) is 0 Å². The van der Waals surface area contributed by atoms with E-state index in [2.05, 4.69) is 0 Å². The molecule has 0 saturated carbocycles. The third-order valence-corrected chi connectivity index (χ3v) is 3.49. The van der Waals surface area contributed by atoms with Crippen LogP contribution in [0.5, 0.6) is 0 Å². The Morgan fingerprint density at radius 1 is 0.739 bits per heavy atom. The van der Waals surface area contributed by atoms with E-state index in [9.17, 15) is 0 Å². The van der Waals surface area contributed by atoms with Crippen LogP contribution in [0.15, 0.2) is 0 Å². The number of methoxy groups -OCH3 is 4. The summed E-state index contributed by atoms with van der Waals surface area (Å²) in [5.41, 5.74) is 0. The van der Waals surface area contributed by atoms with Gasteiger partial charge in [-0.25, -0.2) is 4.74 Å². The molecule has 136 valence electrons. The molecule has 0 aromatic rings. The van der Waals surface area contributed by atoms with Gasteiger partial charge in [0.2, 0.25) is 0 Å². The number of epoxide rings is 2. The van der Waals surface area contributed by atoms with E-state index in [1.54, 1.807) is 0 Å². The van der Waals surface area contributed by atoms with Crippen molar-refractivity contribution in [3.63, 3.8) is 0 Å². The Balaban J connectivity index is 1.89.